The Labute approximate surface area is 110 Å². The highest BCUT2D eigenvalue weighted by molar-refractivity contribution is 7.91. The van der Waals surface area contributed by atoms with E-state index in [-0.39, 0.29) is 22.5 Å². The van der Waals surface area contributed by atoms with Crippen molar-refractivity contribution in [2.24, 2.45) is 5.92 Å². The Morgan fingerprint density at radius 3 is 2.53 bits per heavy atom. The van der Waals surface area contributed by atoms with E-state index >= 15 is 0 Å². The molecule has 1 aromatic rings. The van der Waals surface area contributed by atoms with E-state index in [0.29, 0.717) is 9.90 Å². The minimum atomic E-state index is -3.63. The van der Waals surface area contributed by atoms with Gasteiger partial charge in [-0.1, -0.05) is 25.4 Å². The van der Waals surface area contributed by atoms with E-state index < -0.39 is 10.0 Å². The summed E-state index contributed by atoms with van der Waals surface area (Å²) in [6.07, 6.45) is 0. The lowest BCUT2D eigenvalue weighted by Crippen LogP contribution is -2.31. The van der Waals surface area contributed by atoms with Gasteiger partial charge in [0, 0.05) is 5.92 Å². The highest BCUT2D eigenvalue weighted by Gasteiger charge is 2.19. The summed E-state index contributed by atoms with van der Waals surface area (Å²) in [4.78, 5) is 11.3. The minimum Gasteiger partial charge on any atom is -0.298 e. The summed E-state index contributed by atoms with van der Waals surface area (Å²) in [5.41, 5.74) is 0.715. The number of Topliss-reactive ketones (excluding diaryl/α,β-unsaturated/α-hetero) is 1. The lowest BCUT2D eigenvalue weighted by Gasteiger charge is -2.05. The first kappa shape index (κ1) is 14.6. The molecule has 4 nitrogen and oxygen atoms in total. The molecule has 1 rings (SSSR count). The predicted octanol–water partition coefficient (Wildman–Crippen LogP) is 2.21. The Kier molecular flexibility index (Phi) is 4.71. The molecule has 0 amide bonds. The second kappa shape index (κ2) is 5.48. The Morgan fingerprint density at radius 2 is 2.12 bits per heavy atom. The van der Waals surface area contributed by atoms with Gasteiger partial charge < -0.3 is 0 Å². The van der Waals surface area contributed by atoms with Gasteiger partial charge in [0.2, 0.25) is 0 Å². The van der Waals surface area contributed by atoms with Crippen molar-refractivity contribution in [2.75, 3.05) is 6.54 Å². The number of sulfonamides is 1. The van der Waals surface area contributed by atoms with E-state index in [2.05, 4.69) is 4.72 Å². The molecule has 0 aliphatic heterocycles. The Bertz CT molecular complexity index is 500. The van der Waals surface area contributed by atoms with Gasteiger partial charge in [-0.3, -0.25) is 4.79 Å². The van der Waals surface area contributed by atoms with Crippen LogP contribution in [0.25, 0.3) is 0 Å². The molecule has 1 N–H and O–H groups in total. The molecule has 1 heterocycles. The molecule has 0 fully saturated rings. The lowest BCUT2D eigenvalue weighted by molar-refractivity contribution is -0.120. The maximum atomic E-state index is 11.8. The van der Waals surface area contributed by atoms with Crippen LogP contribution in [-0.2, 0) is 14.8 Å². The molecule has 0 saturated heterocycles. The van der Waals surface area contributed by atoms with E-state index in [1.54, 1.807) is 20.8 Å². The van der Waals surface area contributed by atoms with E-state index in [4.69, 9.17) is 11.6 Å². The quantitative estimate of drug-likeness (QED) is 0.906. The van der Waals surface area contributed by atoms with E-state index in [1.165, 1.54) is 6.07 Å². The zero-order chi connectivity index (χ0) is 13.2. The zero-order valence-corrected chi connectivity index (χ0v) is 12.2. The predicted molar refractivity (Wildman–Crippen MR) is 69.1 cm³/mol. The van der Waals surface area contributed by atoms with Crippen LogP contribution in [-0.4, -0.2) is 20.7 Å². The van der Waals surface area contributed by atoms with E-state index in [0.717, 1.165) is 11.3 Å². The van der Waals surface area contributed by atoms with Crippen molar-refractivity contribution < 1.29 is 13.2 Å². The second-order valence-corrected chi connectivity index (χ2v) is 7.62. The molecule has 7 heteroatoms. The van der Waals surface area contributed by atoms with Gasteiger partial charge in [0.1, 0.15) is 9.99 Å². The molecule has 17 heavy (non-hydrogen) atoms. The Balaban J connectivity index is 2.79. The maximum absolute atomic E-state index is 11.8. The number of hydrogen-bond acceptors (Lipinski definition) is 4. The largest absolute Gasteiger partial charge is 0.298 e. The van der Waals surface area contributed by atoms with Gasteiger partial charge in [-0.25, -0.2) is 13.1 Å². The normalized spacial score (nSPS) is 12.1. The molecule has 0 aliphatic carbocycles. The monoisotopic (exact) mass is 295 g/mol. The highest BCUT2D eigenvalue weighted by Crippen LogP contribution is 2.29. The maximum Gasteiger partial charge on any atom is 0.250 e. The number of carbonyl (C=O) groups excluding carboxylic acids is 1. The molecule has 0 aromatic carbocycles. The van der Waals surface area contributed by atoms with Crippen LogP contribution in [0.5, 0.6) is 0 Å². The fraction of sp³-hybridized carbons (Fsp3) is 0.500. The first-order chi connectivity index (χ1) is 7.74. The molecule has 96 valence electrons. The first-order valence-electron chi connectivity index (χ1n) is 5.02. The van der Waals surface area contributed by atoms with Crippen molar-refractivity contribution >= 4 is 38.7 Å². The number of carbonyl (C=O) groups is 1. The lowest BCUT2D eigenvalue weighted by atomic mass is 10.1. The van der Waals surface area contributed by atoms with Gasteiger partial charge in [0.05, 0.1) is 10.9 Å². The molecule has 1 aromatic heterocycles. The summed E-state index contributed by atoms with van der Waals surface area (Å²) in [6, 6.07) is 1.50. The van der Waals surface area contributed by atoms with Crippen LogP contribution in [0.3, 0.4) is 0 Å². The summed E-state index contributed by atoms with van der Waals surface area (Å²) < 4.78 is 26.5. The summed E-state index contributed by atoms with van der Waals surface area (Å²) in [6.45, 7) is 5.00. The fourth-order valence-electron chi connectivity index (χ4n) is 1.01. The minimum absolute atomic E-state index is 0.136. The number of halogens is 1. The van der Waals surface area contributed by atoms with E-state index in [1.807, 2.05) is 0 Å². The third-order valence-electron chi connectivity index (χ3n) is 2.18. The standard InChI is InChI=1S/C10H14ClNO3S2/c1-6(2)8(13)5-12-17(14,15)9-4-7(3)10(11)16-9/h4,6,12H,5H2,1-3H3. The molecule has 0 atom stereocenters. The van der Waals surface area contributed by atoms with Crippen LogP contribution in [0.2, 0.25) is 4.34 Å². The molecule has 0 spiro atoms. The van der Waals surface area contributed by atoms with E-state index in [9.17, 15) is 13.2 Å². The van der Waals surface area contributed by atoms with Crippen LogP contribution in [0.1, 0.15) is 19.4 Å². The van der Waals surface area contributed by atoms with Crippen molar-refractivity contribution in [3.8, 4) is 0 Å². The molecule has 0 aliphatic rings. The SMILES string of the molecule is Cc1cc(S(=O)(=O)NCC(=O)C(C)C)sc1Cl. The van der Waals surface area contributed by atoms with Crippen molar-refractivity contribution in [2.45, 2.75) is 25.0 Å². The van der Waals surface area contributed by atoms with Crippen molar-refractivity contribution in [1.29, 1.82) is 0 Å². The van der Waals surface area contributed by atoms with Crippen LogP contribution in [0.4, 0.5) is 0 Å². The number of ketones is 1. The number of nitrogens with one attached hydrogen (secondary N) is 1. The van der Waals surface area contributed by atoms with Gasteiger partial charge in [-0.05, 0) is 18.6 Å². The number of thiophene rings is 1. The molecular weight excluding hydrogens is 282 g/mol. The van der Waals surface area contributed by atoms with Crippen LogP contribution in [0.15, 0.2) is 10.3 Å². The highest BCUT2D eigenvalue weighted by atomic mass is 35.5. The van der Waals surface area contributed by atoms with Gasteiger partial charge in [-0.2, -0.15) is 0 Å². The fourth-order valence-corrected chi connectivity index (χ4v) is 3.75. The third kappa shape index (κ3) is 3.77. The molecule has 0 saturated carbocycles. The second-order valence-electron chi connectivity index (χ2n) is 3.97. The number of hydrogen-bond donors (Lipinski definition) is 1. The number of aryl methyl sites for hydroxylation is 1. The van der Waals surface area contributed by atoms with Gasteiger partial charge >= 0.3 is 0 Å². The number of rotatable bonds is 5. The molecule has 0 bridgehead atoms. The summed E-state index contributed by atoms with van der Waals surface area (Å²) in [7, 11) is -3.63. The average molecular weight is 296 g/mol. The third-order valence-corrected chi connectivity index (χ3v) is 5.61. The van der Waals surface area contributed by atoms with Crippen LogP contribution < -0.4 is 4.72 Å². The first-order valence-corrected chi connectivity index (χ1v) is 7.70. The molecule has 0 unspecified atom stereocenters. The summed E-state index contributed by atoms with van der Waals surface area (Å²) in [5, 5.41) is 0. The van der Waals surface area contributed by atoms with Gasteiger partial charge in [0.15, 0.2) is 0 Å². The van der Waals surface area contributed by atoms with Crippen LogP contribution in [0, 0.1) is 12.8 Å². The van der Waals surface area contributed by atoms with Crippen molar-refractivity contribution in [3.63, 3.8) is 0 Å². The molecule has 0 radical (unpaired) electrons. The van der Waals surface area contributed by atoms with Crippen LogP contribution >= 0.6 is 22.9 Å². The van der Waals surface area contributed by atoms with Crippen molar-refractivity contribution in [3.05, 3.63) is 16.0 Å². The topological polar surface area (TPSA) is 63.2 Å². The molecular formula is C10H14ClNO3S2. The van der Waals surface area contributed by atoms with Crippen molar-refractivity contribution in [1.82, 2.24) is 4.72 Å². The Hall–Kier alpha value is -0.430. The van der Waals surface area contributed by atoms with Gasteiger partial charge in [-0.15, -0.1) is 11.3 Å². The Morgan fingerprint density at radius 1 is 1.53 bits per heavy atom. The summed E-state index contributed by atoms with van der Waals surface area (Å²) >= 11 is 6.79. The zero-order valence-electron chi connectivity index (χ0n) is 9.78. The van der Waals surface area contributed by atoms with Gasteiger partial charge in [0.25, 0.3) is 10.0 Å². The smallest absolute Gasteiger partial charge is 0.250 e. The summed E-state index contributed by atoms with van der Waals surface area (Å²) in [5.74, 6) is -0.334. The average Bonchev–Trinajstić information content (AvgIpc) is 2.56.